The number of benzene rings is 1. The van der Waals surface area contributed by atoms with Crippen molar-refractivity contribution in [2.75, 3.05) is 40.3 Å². The molecule has 8 heteroatoms. The Bertz CT molecular complexity index is 644. The third kappa shape index (κ3) is 5.95. The summed E-state index contributed by atoms with van der Waals surface area (Å²) in [5, 5.41) is 3.02. The standard InChI is InChI=1S/C17H27N3O3S.ClH/c1-18-11-14-19(2)17(21)10-7-15-5-8-16(9-6-15)24(22,23)20-12-3-4-13-20;/h5-6,8-9,18H,3-4,7,10-14H2,1-2H3;1H. The minimum atomic E-state index is -3.36. The van der Waals surface area contributed by atoms with Crippen LogP contribution in [-0.4, -0.2) is 63.8 Å². The number of likely N-dealkylation sites (N-methyl/N-ethyl adjacent to an activating group) is 2. The average Bonchev–Trinajstić information content (AvgIpc) is 3.13. The number of hydrogen-bond donors (Lipinski definition) is 1. The Morgan fingerprint density at radius 3 is 2.36 bits per heavy atom. The Labute approximate surface area is 157 Å². The third-order valence-electron chi connectivity index (χ3n) is 4.38. The van der Waals surface area contributed by atoms with E-state index < -0.39 is 10.0 Å². The van der Waals surface area contributed by atoms with Crippen LogP contribution in [-0.2, 0) is 21.2 Å². The Morgan fingerprint density at radius 1 is 1.20 bits per heavy atom. The molecule has 1 aliphatic rings. The molecule has 1 aromatic rings. The number of amides is 1. The summed E-state index contributed by atoms with van der Waals surface area (Å²) in [5.41, 5.74) is 0.978. The highest BCUT2D eigenvalue weighted by atomic mass is 35.5. The molecule has 25 heavy (non-hydrogen) atoms. The fourth-order valence-corrected chi connectivity index (χ4v) is 4.27. The maximum Gasteiger partial charge on any atom is 0.243 e. The highest BCUT2D eigenvalue weighted by molar-refractivity contribution is 7.89. The number of carbonyl (C=O) groups excluding carboxylic acids is 1. The number of halogens is 1. The van der Waals surface area contributed by atoms with E-state index in [0.29, 0.717) is 37.4 Å². The number of hydrogen-bond acceptors (Lipinski definition) is 4. The zero-order valence-corrected chi connectivity index (χ0v) is 16.5. The van der Waals surface area contributed by atoms with E-state index >= 15 is 0 Å². The minimum absolute atomic E-state index is 0. The Balaban J connectivity index is 0.00000312. The van der Waals surface area contributed by atoms with Gasteiger partial charge in [0, 0.05) is 39.6 Å². The molecule has 1 aromatic carbocycles. The fraction of sp³-hybridized carbons (Fsp3) is 0.588. The molecule has 1 saturated heterocycles. The van der Waals surface area contributed by atoms with Crippen LogP contribution in [0.1, 0.15) is 24.8 Å². The van der Waals surface area contributed by atoms with E-state index in [1.165, 1.54) is 0 Å². The fourth-order valence-electron chi connectivity index (χ4n) is 2.75. The van der Waals surface area contributed by atoms with Crippen molar-refractivity contribution in [3.63, 3.8) is 0 Å². The lowest BCUT2D eigenvalue weighted by Gasteiger charge is -2.17. The Morgan fingerprint density at radius 2 is 1.80 bits per heavy atom. The van der Waals surface area contributed by atoms with Gasteiger partial charge < -0.3 is 10.2 Å². The SMILES string of the molecule is CNCCN(C)C(=O)CCc1ccc(S(=O)(=O)N2CCCC2)cc1.Cl. The topological polar surface area (TPSA) is 69.7 Å². The van der Waals surface area contributed by atoms with Crippen LogP contribution in [0.4, 0.5) is 0 Å². The van der Waals surface area contributed by atoms with Crippen molar-refractivity contribution in [1.82, 2.24) is 14.5 Å². The van der Waals surface area contributed by atoms with E-state index in [2.05, 4.69) is 5.32 Å². The van der Waals surface area contributed by atoms with E-state index in [1.54, 1.807) is 28.4 Å². The summed E-state index contributed by atoms with van der Waals surface area (Å²) in [7, 11) is 0.295. The van der Waals surface area contributed by atoms with E-state index in [4.69, 9.17) is 0 Å². The molecule has 1 fully saturated rings. The zero-order chi connectivity index (χ0) is 17.6. The van der Waals surface area contributed by atoms with Gasteiger partial charge in [0.25, 0.3) is 0 Å². The molecule has 0 aromatic heterocycles. The molecule has 1 heterocycles. The van der Waals surface area contributed by atoms with Crippen LogP contribution in [0.5, 0.6) is 0 Å². The molecule has 0 unspecified atom stereocenters. The second-order valence-corrected chi connectivity index (χ2v) is 8.11. The number of rotatable bonds is 8. The maximum absolute atomic E-state index is 12.5. The van der Waals surface area contributed by atoms with Gasteiger partial charge in [-0.05, 0) is 44.0 Å². The first-order chi connectivity index (χ1) is 11.4. The lowest BCUT2D eigenvalue weighted by molar-refractivity contribution is -0.129. The summed E-state index contributed by atoms with van der Waals surface area (Å²) in [4.78, 5) is 14.1. The monoisotopic (exact) mass is 389 g/mol. The largest absolute Gasteiger partial charge is 0.344 e. The lowest BCUT2D eigenvalue weighted by atomic mass is 10.1. The molecule has 6 nitrogen and oxygen atoms in total. The molecule has 1 N–H and O–H groups in total. The van der Waals surface area contributed by atoms with Gasteiger partial charge in [-0.2, -0.15) is 4.31 Å². The van der Waals surface area contributed by atoms with E-state index in [-0.39, 0.29) is 18.3 Å². The average molecular weight is 390 g/mol. The molecular formula is C17H28ClN3O3S. The van der Waals surface area contributed by atoms with Crippen LogP contribution in [0.2, 0.25) is 0 Å². The van der Waals surface area contributed by atoms with Crippen LogP contribution in [0.3, 0.4) is 0 Å². The first-order valence-corrected chi connectivity index (χ1v) is 9.87. The predicted octanol–water partition coefficient (Wildman–Crippen LogP) is 1.50. The molecule has 0 bridgehead atoms. The van der Waals surface area contributed by atoms with Crippen molar-refractivity contribution in [3.8, 4) is 0 Å². The van der Waals surface area contributed by atoms with Gasteiger partial charge in [0.15, 0.2) is 0 Å². The van der Waals surface area contributed by atoms with Gasteiger partial charge in [-0.15, -0.1) is 12.4 Å². The molecule has 2 rings (SSSR count). The molecule has 0 aliphatic carbocycles. The molecule has 1 amide bonds. The van der Waals surface area contributed by atoms with Crippen LogP contribution in [0.25, 0.3) is 0 Å². The van der Waals surface area contributed by atoms with Crippen LogP contribution >= 0.6 is 12.4 Å². The van der Waals surface area contributed by atoms with Crippen LogP contribution in [0, 0.1) is 0 Å². The van der Waals surface area contributed by atoms with Crippen molar-refractivity contribution in [2.24, 2.45) is 0 Å². The van der Waals surface area contributed by atoms with Gasteiger partial charge in [0.1, 0.15) is 0 Å². The highest BCUT2D eigenvalue weighted by Crippen LogP contribution is 2.21. The van der Waals surface area contributed by atoms with Gasteiger partial charge in [0.2, 0.25) is 15.9 Å². The maximum atomic E-state index is 12.5. The summed E-state index contributed by atoms with van der Waals surface area (Å²) in [6, 6.07) is 6.92. The molecule has 0 atom stereocenters. The van der Waals surface area contributed by atoms with Gasteiger partial charge >= 0.3 is 0 Å². The van der Waals surface area contributed by atoms with Crippen LogP contribution < -0.4 is 5.32 Å². The summed E-state index contributed by atoms with van der Waals surface area (Å²) in [6.45, 7) is 2.67. The van der Waals surface area contributed by atoms with Crippen molar-refractivity contribution in [3.05, 3.63) is 29.8 Å². The number of nitrogens with one attached hydrogen (secondary N) is 1. The summed E-state index contributed by atoms with van der Waals surface area (Å²) >= 11 is 0. The second kappa shape index (κ2) is 10.1. The van der Waals surface area contributed by atoms with Crippen molar-refractivity contribution >= 4 is 28.3 Å². The zero-order valence-electron chi connectivity index (χ0n) is 14.9. The predicted molar refractivity (Wildman–Crippen MR) is 102 cm³/mol. The Kier molecular flexibility index (Phi) is 8.85. The van der Waals surface area contributed by atoms with Crippen molar-refractivity contribution < 1.29 is 13.2 Å². The minimum Gasteiger partial charge on any atom is -0.344 e. The summed E-state index contributed by atoms with van der Waals surface area (Å²) < 4.78 is 26.5. The number of sulfonamides is 1. The lowest BCUT2D eigenvalue weighted by Crippen LogP contribution is -2.32. The quantitative estimate of drug-likeness (QED) is 0.731. The number of aryl methyl sites for hydroxylation is 1. The smallest absolute Gasteiger partial charge is 0.243 e. The van der Waals surface area contributed by atoms with Crippen LogP contribution in [0.15, 0.2) is 29.2 Å². The van der Waals surface area contributed by atoms with Gasteiger partial charge in [-0.25, -0.2) is 8.42 Å². The van der Waals surface area contributed by atoms with Gasteiger partial charge in [-0.1, -0.05) is 12.1 Å². The highest BCUT2D eigenvalue weighted by Gasteiger charge is 2.26. The first kappa shape index (κ1) is 21.9. The Hall–Kier alpha value is -1.15. The molecular weight excluding hydrogens is 362 g/mol. The molecule has 0 saturated carbocycles. The van der Waals surface area contributed by atoms with Crippen molar-refractivity contribution in [1.29, 1.82) is 0 Å². The molecule has 142 valence electrons. The van der Waals surface area contributed by atoms with E-state index in [0.717, 1.165) is 24.9 Å². The summed E-state index contributed by atoms with van der Waals surface area (Å²) in [6.07, 6.45) is 2.91. The normalized spacial score (nSPS) is 15.0. The second-order valence-electron chi connectivity index (χ2n) is 6.17. The summed E-state index contributed by atoms with van der Waals surface area (Å²) in [5.74, 6) is 0.0963. The van der Waals surface area contributed by atoms with E-state index in [9.17, 15) is 13.2 Å². The van der Waals surface area contributed by atoms with Gasteiger partial charge in [-0.3, -0.25) is 4.79 Å². The third-order valence-corrected chi connectivity index (χ3v) is 6.29. The number of carbonyl (C=O) groups is 1. The molecule has 1 aliphatic heterocycles. The first-order valence-electron chi connectivity index (χ1n) is 8.43. The number of nitrogens with zero attached hydrogens (tertiary/aromatic N) is 2. The van der Waals surface area contributed by atoms with Gasteiger partial charge in [0.05, 0.1) is 4.90 Å². The van der Waals surface area contributed by atoms with Crippen molar-refractivity contribution in [2.45, 2.75) is 30.6 Å². The molecule has 0 radical (unpaired) electrons. The molecule has 0 spiro atoms. The van der Waals surface area contributed by atoms with E-state index in [1.807, 2.05) is 19.2 Å².